The van der Waals surface area contributed by atoms with Crippen molar-refractivity contribution in [1.82, 2.24) is 15.1 Å². The van der Waals surface area contributed by atoms with Crippen molar-refractivity contribution in [2.24, 2.45) is 0 Å². The molecule has 0 fully saturated rings. The minimum atomic E-state index is -2.94. The van der Waals surface area contributed by atoms with Gasteiger partial charge in [-0.2, -0.15) is 5.10 Å². The molecule has 0 aliphatic rings. The topological polar surface area (TPSA) is 64.0 Å². The lowest BCUT2D eigenvalue weighted by molar-refractivity contribution is 0.575. The van der Waals surface area contributed by atoms with E-state index in [0.29, 0.717) is 13.0 Å². The lowest BCUT2D eigenvalue weighted by Gasteiger charge is -2.06. The molecule has 0 aliphatic carbocycles. The fourth-order valence-corrected chi connectivity index (χ4v) is 3.62. The quantitative estimate of drug-likeness (QED) is 0.702. The Morgan fingerprint density at radius 3 is 2.50 bits per heavy atom. The van der Waals surface area contributed by atoms with Gasteiger partial charge in [-0.15, -0.1) is 0 Å². The van der Waals surface area contributed by atoms with Crippen LogP contribution in [0.4, 0.5) is 0 Å². The molecule has 116 valence electrons. The van der Waals surface area contributed by atoms with Gasteiger partial charge in [0.05, 0.1) is 18.0 Å². The van der Waals surface area contributed by atoms with Gasteiger partial charge in [0, 0.05) is 11.4 Å². The van der Waals surface area contributed by atoms with Crippen LogP contribution in [0.25, 0.3) is 0 Å². The number of sulfone groups is 1. The molecule has 1 rings (SSSR count). The third kappa shape index (κ3) is 4.90. The van der Waals surface area contributed by atoms with Crippen LogP contribution in [-0.4, -0.2) is 42.8 Å². The zero-order valence-corrected chi connectivity index (χ0v) is 13.9. The molecular weight excluding hydrogens is 274 g/mol. The molecule has 1 N–H and O–H groups in total. The van der Waals surface area contributed by atoms with Crippen molar-refractivity contribution in [2.75, 3.05) is 24.6 Å². The SMILES string of the molecule is CCCS(=O)(=O)CCn1nc(C)c(CCNCC)c1C. The second-order valence-electron chi connectivity index (χ2n) is 5.13. The average molecular weight is 301 g/mol. The second-order valence-corrected chi connectivity index (χ2v) is 7.43. The summed E-state index contributed by atoms with van der Waals surface area (Å²) in [5, 5.41) is 7.78. The summed E-state index contributed by atoms with van der Waals surface area (Å²) in [7, 11) is -2.94. The Balaban J connectivity index is 2.70. The van der Waals surface area contributed by atoms with Gasteiger partial charge in [0.25, 0.3) is 0 Å². The van der Waals surface area contributed by atoms with E-state index in [1.807, 2.05) is 25.5 Å². The number of hydrogen-bond donors (Lipinski definition) is 1. The molecular formula is C14H27N3O2S. The molecule has 0 atom stereocenters. The van der Waals surface area contributed by atoms with Crippen LogP contribution in [0.5, 0.6) is 0 Å². The summed E-state index contributed by atoms with van der Waals surface area (Å²) in [6.07, 6.45) is 1.61. The van der Waals surface area contributed by atoms with E-state index in [9.17, 15) is 8.42 Å². The van der Waals surface area contributed by atoms with Crippen LogP contribution < -0.4 is 5.32 Å². The largest absolute Gasteiger partial charge is 0.317 e. The molecule has 1 aromatic heterocycles. The molecule has 1 heterocycles. The van der Waals surface area contributed by atoms with Gasteiger partial charge >= 0.3 is 0 Å². The van der Waals surface area contributed by atoms with Crippen LogP contribution in [0.1, 0.15) is 37.2 Å². The van der Waals surface area contributed by atoms with Crippen molar-refractivity contribution in [3.63, 3.8) is 0 Å². The normalized spacial score (nSPS) is 12.0. The monoisotopic (exact) mass is 301 g/mol. The summed E-state index contributed by atoms with van der Waals surface area (Å²) in [5.74, 6) is 0.440. The highest BCUT2D eigenvalue weighted by Gasteiger charge is 2.14. The molecule has 0 saturated carbocycles. The highest BCUT2D eigenvalue weighted by molar-refractivity contribution is 7.91. The fraction of sp³-hybridized carbons (Fsp3) is 0.786. The lowest BCUT2D eigenvalue weighted by atomic mass is 10.1. The maximum Gasteiger partial charge on any atom is 0.152 e. The summed E-state index contributed by atoms with van der Waals surface area (Å²) in [5.41, 5.74) is 3.33. The van der Waals surface area contributed by atoms with Crippen LogP contribution in [0.3, 0.4) is 0 Å². The summed E-state index contributed by atoms with van der Waals surface area (Å²) < 4.78 is 25.4. The smallest absolute Gasteiger partial charge is 0.152 e. The van der Waals surface area contributed by atoms with E-state index in [1.165, 1.54) is 5.56 Å². The first kappa shape index (κ1) is 17.2. The first-order valence-corrected chi connectivity index (χ1v) is 9.17. The zero-order valence-electron chi connectivity index (χ0n) is 13.1. The highest BCUT2D eigenvalue weighted by Crippen LogP contribution is 2.13. The third-order valence-corrected chi connectivity index (χ3v) is 5.30. The molecule has 5 nitrogen and oxygen atoms in total. The minimum Gasteiger partial charge on any atom is -0.317 e. The molecule has 20 heavy (non-hydrogen) atoms. The number of aromatic nitrogens is 2. The third-order valence-electron chi connectivity index (χ3n) is 3.46. The van der Waals surface area contributed by atoms with Crippen LogP contribution >= 0.6 is 0 Å². The number of rotatable bonds is 9. The minimum absolute atomic E-state index is 0.176. The molecule has 0 radical (unpaired) electrons. The Kier molecular flexibility index (Phi) is 6.68. The fourth-order valence-electron chi connectivity index (χ4n) is 2.34. The molecule has 6 heteroatoms. The van der Waals surface area contributed by atoms with Gasteiger partial charge in [0.15, 0.2) is 9.84 Å². The van der Waals surface area contributed by atoms with E-state index >= 15 is 0 Å². The zero-order chi connectivity index (χ0) is 15.2. The van der Waals surface area contributed by atoms with Gasteiger partial charge in [0.2, 0.25) is 0 Å². The maximum absolute atomic E-state index is 11.8. The Hall–Kier alpha value is -0.880. The van der Waals surface area contributed by atoms with Gasteiger partial charge in [-0.25, -0.2) is 8.42 Å². The first-order valence-electron chi connectivity index (χ1n) is 7.35. The number of aryl methyl sites for hydroxylation is 2. The van der Waals surface area contributed by atoms with E-state index in [2.05, 4.69) is 17.3 Å². The average Bonchev–Trinajstić information content (AvgIpc) is 2.64. The van der Waals surface area contributed by atoms with Gasteiger partial charge in [-0.1, -0.05) is 13.8 Å². The van der Waals surface area contributed by atoms with Crippen LogP contribution in [0.15, 0.2) is 0 Å². The van der Waals surface area contributed by atoms with Crippen molar-refractivity contribution in [2.45, 2.75) is 47.1 Å². The van der Waals surface area contributed by atoms with E-state index in [1.54, 1.807) is 0 Å². The van der Waals surface area contributed by atoms with Crippen molar-refractivity contribution in [3.8, 4) is 0 Å². The predicted molar refractivity (Wildman–Crippen MR) is 82.9 cm³/mol. The molecule has 0 bridgehead atoms. The number of nitrogens with zero attached hydrogens (tertiary/aromatic N) is 2. The van der Waals surface area contributed by atoms with Gasteiger partial charge in [0.1, 0.15) is 0 Å². The second kappa shape index (κ2) is 7.78. The highest BCUT2D eigenvalue weighted by atomic mass is 32.2. The summed E-state index contributed by atoms with van der Waals surface area (Å²) in [6, 6.07) is 0. The maximum atomic E-state index is 11.8. The van der Waals surface area contributed by atoms with Crippen molar-refractivity contribution in [1.29, 1.82) is 0 Å². The Bertz CT molecular complexity index is 521. The van der Waals surface area contributed by atoms with E-state index < -0.39 is 9.84 Å². The Morgan fingerprint density at radius 2 is 1.90 bits per heavy atom. The number of nitrogens with one attached hydrogen (secondary N) is 1. The van der Waals surface area contributed by atoms with Gasteiger partial charge in [-0.05, 0) is 45.3 Å². The van der Waals surface area contributed by atoms with Crippen LogP contribution in [0, 0.1) is 13.8 Å². The van der Waals surface area contributed by atoms with Crippen molar-refractivity contribution < 1.29 is 8.42 Å². The molecule has 0 amide bonds. The number of hydrogen-bond acceptors (Lipinski definition) is 4. The molecule has 1 aromatic rings. The first-order chi connectivity index (χ1) is 9.41. The predicted octanol–water partition coefficient (Wildman–Crippen LogP) is 1.48. The van der Waals surface area contributed by atoms with Gasteiger partial charge < -0.3 is 5.32 Å². The molecule has 0 aromatic carbocycles. The Morgan fingerprint density at radius 1 is 1.20 bits per heavy atom. The van der Waals surface area contributed by atoms with E-state index in [4.69, 9.17) is 0 Å². The number of likely N-dealkylation sites (N-methyl/N-ethyl adjacent to an activating group) is 1. The van der Waals surface area contributed by atoms with Crippen molar-refractivity contribution >= 4 is 9.84 Å². The molecule has 0 saturated heterocycles. The molecule has 0 aliphatic heterocycles. The van der Waals surface area contributed by atoms with E-state index in [0.717, 1.165) is 30.9 Å². The van der Waals surface area contributed by atoms with Crippen LogP contribution in [0.2, 0.25) is 0 Å². The van der Waals surface area contributed by atoms with E-state index in [-0.39, 0.29) is 11.5 Å². The Labute approximate surface area is 122 Å². The summed E-state index contributed by atoms with van der Waals surface area (Å²) in [6.45, 7) is 10.3. The summed E-state index contributed by atoms with van der Waals surface area (Å²) in [4.78, 5) is 0. The standard InChI is InChI=1S/C14H27N3O2S/c1-5-10-20(18,19)11-9-17-13(4)14(12(3)16-17)7-8-15-6-2/h15H,5-11H2,1-4H3. The van der Waals surface area contributed by atoms with Gasteiger partial charge in [-0.3, -0.25) is 4.68 Å². The summed E-state index contributed by atoms with van der Waals surface area (Å²) >= 11 is 0. The molecule has 0 unspecified atom stereocenters. The van der Waals surface area contributed by atoms with Crippen LogP contribution in [-0.2, 0) is 22.8 Å². The van der Waals surface area contributed by atoms with Crippen molar-refractivity contribution in [3.05, 3.63) is 17.0 Å². The lowest BCUT2D eigenvalue weighted by Crippen LogP contribution is -2.18. The molecule has 0 spiro atoms.